The summed E-state index contributed by atoms with van der Waals surface area (Å²) in [5.74, 6) is 0.102. The van der Waals surface area contributed by atoms with Crippen molar-refractivity contribution in [3.05, 3.63) is 52.2 Å². The molecule has 0 aliphatic carbocycles. The summed E-state index contributed by atoms with van der Waals surface area (Å²) in [6, 6.07) is 9.34. The lowest BCUT2D eigenvalue weighted by Crippen LogP contribution is -2.42. The quantitative estimate of drug-likeness (QED) is 0.471. The highest BCUT2D eigenvalue weighted by Gasteiger charge is 2.31. The first-order valence-electron chi connectivity index (χ1n) is 9.47. The third-order valence-corrected chi connectivity index (χ3v) is 8.36. The number of thioether (sulfide) groups is 1. The molecule has 160 valence electrons. The number of thiophene rings is 1. The van der Waals surface area contributed by atoms with Crippen LogP contribution in [0.2, 0.25) is 0 Å². The maximum absolute atomic E-state index is 12.9. The van der Waals surface area contributed by atoms with Gasteiger partial charge in [0.05, 0.1) is 9.77 Å². The third kappa shape index (κ3) is 5.37. The molecule has 0 bridgehead atoms. The number of hydrogen-bond acceptors (Lipinski definition) is 7. The first kappa shape index (κ1) is 22.7. The summed E-state index contributed by atoms with van der Waals surface area (Å²) in [5, 5.41) is 20.2. The van der Waals surface area contributed by atoms with Crippen LogP contribution in [0.5, 0.6) is 0 Å². The average molecular weight is 465 g/mol. The Morgan fingerprint density at radius 1 is 1.13 bits per heavy atom. The second-order valence-corrected chi connectivity index (χ2v) is 11.4. The summed E-state index contributed by atoms with van der Waals surface area (Å²) in [7, 11) is -3.61. The number of amidine groups is 1. The fraction of sp³-hybridized carbons (Fsp3) is 0.350. The molecule has 2 atom stereocenters. The highest BCUT2D eigenvalue weighted by atomic mass is 32.2. The van der Waals surface area contributed by atoms with E-state index in [1.807, 2.05) is 11.4 Å². The Balaban J connectivity index is 1.64. The van der Waals surface area contributed by atoms with Gasteiger partial charge < -0.3 is 5.32 Å². The Hall–Kier alpha value is -2.01. The molecule has 2 heterocycles. The normalized spacial score (nSPS) is 19.9. The van der Waals surface area contributed by atoms with Gasteiger partial charge in [-0.3, -0.25) is 15.6 Å². The summed E-state index contributed by atoms with van der Waals surface area (Å²) >= 11 is 2.24. The smallest absolute Gasteiger partial charge is 0.257 e. The predicted octanol–water partition coefficient (Wildman–Crippen LogP) is 3.84. The Bertz CT molecular complexity index is 1020. The van der Waals surface area contributed by atoms with Crippen LogP contribution in [0.25, 0.3) is 0 Å². The second-order valence-electron chi connectivity index (χ2n) is 7.48. The average Bonchev–Trinajstić information content (AvgIpc) is 3.22. The minimum Gasteiger partial charge on any atom is -0.301 e. The fourth-order valence-corrected chi connectivity index (χ4v) is 6.52. The van der Waals surface area contributed by atoms with Crippen molar-refractivity contribution >= 4 is 49.2 Å². The molecule has 30 heavy (non-hydrogen) atoms. The van der Waals surface area contributed by atoms with E-state index in [0.717, 1.165) is 23.1 Å². The van der Waals surface area contributed by atoms with Crippen LogP contribution in [0.15, 0.2) is 46.7 Å². The van der Waals surface area contributed by atoms with Gasteiger partial charge in [-0.25, -0.2) is 8.42 Å². The first-order chi connectivity index (χ1) is 14.2. The number of sulfonamides is 1. The molecule has 0 radical (unpaired) electrons. The molecule has 1 fully saturated rings. The van der Waals surface area contributed by atoms with Crippen LogP contribution < -0.4 is 5.32 Å². The van der Waals surface area contributed by atoms with Gasteiger partial charge in [-0.15, -0.1) is 11.3 Å². The minimum absolute atomic E-state index is 0.157. The number of carbonyl (C=O) groups excluding carboxylic acids is 1. The van der Waals surface area contributed by atoms with Crippen molar-refractivity contribution in [1.29, 1.82) is 10.8 Å². The van der Waals surface area contributed by atoms with Crippen LogP contribution in [0.4, 0.5) is 0 Å². The SMILES string of the molecule is CC1CC(C)CN(S(=O)(=O)c2ccc(C(=O)NC(=N)SC(=N)c3cccs3)cc2)C1. The van der Waals surface area contributed by atoms with Gasteiger partial charge in [-0.05, 0) is 65.7 Å². The molecule has 10 heteroatoms. The van der Waals surface area contributed by atoms with Gasteiger partial charge in [-0.2, -0.15) is 4.31 Å². The molecule has 1 amide bonds. The van der Waals surface area contributed by atoms with Crippen LogP contribution in [-0.4, -0.2) is 41.9 Å². The molecule has 1 saturated heterocycles. The van der Waals surface area contributed by atoms with E-state index in [1.165, 1.54) is 39.9 Å². The van der Waals surface area contributed by atoms with Gasteiger partial charge in [0.1, 0.15) is 5.04 Å². The van der Waals surface area contributed by atoms with Crippen LogP contribution in [-0.2, 0) is 10.0 Å². The minimum atomic E-state index is -3.61. The van der Waals surface area contributed by atoms with Gasteiger partial charge in [0.15, 0.2) is 5.17 Å². The number of nitrogens with zero attached hydrogens (tertiary/aromatic N) is 1. The summed E-state index contributed by atoms with van der Waals surface area (Å²) in [5.41, 5.74) is 0.252. The van der Waals surface area contributed by atoms with E-state index in [2.05, 4.69) is 19.2 Å². The summed E-state index contributed by atoms with van der Waals surface area (Å²) < 4.78 is 27.4. The predicted molar refractivity (Wildman–Crippen MR) is 122 cm³/mol. The summed E-state index contributed by atoms with van der Waals surface area (Å²) in [6.45, 7) is 5.10. The Kier molecular flexibility index (Phi) is 7.12. The van der Waals surface area contributed by atoms with E-state index in [9.17, 15) is 13.2 Å². The van der Waals surface area contributed by atoms with Crippen molar-refractivity contribution in [2.45, 2.75) is 25.2 Å². The monoisotopic (exact) mass is 464 g/mol. The van der Waals surface area contributed by atoms with Gasteiger partial charge >= 0.3 is 0 Å². The van der Waals surface area contributed by atoms with Crippen molar-refractivity contribution in [1.82, 2.24) is 9.62 Å². The van der Waals surface area contributed by atoms with Crippen molar-refractivity contribution in [2.24, 2.45) is 11.8 Å². The molecular formula is C20H24N4O3S3. The van der Waals surface area contributed by atoms with E-state index >= 15 is 0 Å². The molecule has 7 nitrogen and oxygen atoms in total. The largest absolute Gasteiger partial charge is 0.301 e. The maximum Gasteiger partial charge on any atom is 0.257 e. The van der Waals surface area contributed by atoms with E-state index in [1.54, 1.807) is 6.07 Å². The zero-order chi connectivity index (χ0) is 21.9. The third-order valence-electron chi connectivity index (χ3n) is 4.77. The van der Waals surface area contributed by atoms with Crippen LogP contribution in [0, 0.1) is 22.7 Å². The maximum atomic E-state index is 12.9. The van der Waals surface area contributed by atoms with E-state index in [4.69, 9.17) is 10.8 Å². The number of nitrogens with one attached hydrogen (secondary N) is 3. The van der Waals surface area contributed by atoms with E-state index < -0.39 is 15.9 Å². The number of rotatable bonds is 4. The fourth-order valence-electron chi connectivity index (χ4n) is 3.49. The highest BCUT2D eigenvalue weighted by Crippen LogP contribution is 2.26. The molecule has 3 N–H and O–H groups in total. The van der Waals surface area contributed by atoms with Crippen molar-refractivity contribution in [2.75, 3.05) is 13.1 Å². The number of hydrogen-bond donors (Lipinski definition) is 3. The van der Waals surface area contributed by atoms with Crippen molar-refractivity contribution < 1.29 is 13.2 Å². The van der Waals surface area contributed by atoms with Gasteiger partial charge in [0.2, 0.25) is 10.0 Å². The second kappa shape index (κ2) is 9.42. The Morgan fingerprint density at radius 2 is 1.77 bits per heavy atom. The molecule has 1 aromatic heterocycles. The van der Waals surface area contributed by atoms with Crippen molar-refractivity contribution in [3.8, 4) is 0 Å². The molecule has 0 spiro atoms. The molecular weight excluding hydrogens is 440 g/mol. The Labute approximate surface area is 184 Å². The molecule has 3 rings (SSSR count). The zero-order valence-electron chi connectivity index (χ0n) is 16.7. The summed E-state index contributed by atoms with van der Waals surface area (Å²) in [4.78, 5) is 13.3. The molecule has 2 aromatic rings. The lowest BCUT2D eigenvalue weighted by Gasteiger charge is -2.34. The standard InChI is InChI=1S/C20H24N4O3S3/c1-13-10-14(2)12-24(11-13)30(26,27)16-7-5-15(6-8-16)19(25)23-20(22)29-18(21)17-4-3-9-28-17/h3-9,13-14,21H,10-12H2,1-2H3,(H2,22,23,25). The van der Waals surface area contributed by atoms with E-state index in [-0.39, 0.29) is 20.7 Å². The molecule has 0 saturated carbocycles. The number of benzene rings is 1. The molecule has 1 aromatic carbocycles. The highest BCUT2D eigenvalue weighted by molar-refractivity contribution is 8.26. The van der Waals surface area contributed by atoms with Crippen LogP contribution >= 0.6 is 23.1 Å². The van der Waals surface area contributed by atoms with E-state index in [0.29, 0.717) is 24.9 Å². The summed E-state index contributed by atoms with van der Waals surface area (Å²) in [6.07, 6.45) is 1.01. The molecule has 1 aliphatic rings. The van der Waals surface area contributed by atoms with Crippen LogP contribution in [0.1, 0.15) is 35.5 Å². The lowest BCUT2D eigenvalue weighted by molar-refractivity contribution is 0.0977. The lowest BCUT2D eigenvalue weighted by atomic mass is 9.94. The van der Waals surface area contributed by atoms with Gasteiger partial charge in [0.25, 0.3) is 5.91 Å². The first-order valence-corrected chi connectivity index (χ1v) is 12.6. The molecule has 2 unspecified atom stereocenters. The van der Waals surface area contributed by atoms with Gasteiger partial charge in [-0.1, -0.05) is 19.9 Å². The Morgan fingerprint density at radius 3 is 2.33 bits per heavy atom. The topological polar surface area (TPSA) is 114 Å². The number of piperidine rings is 1. The van der Waals surface area contributed by atoms with Crippen molar-refractivity contribution in [3.63, 3.8) is 0 Å². The number of carbonyl (C=O) groups is 1. The zero-order valence-corrected chi connectivity index (χ0v) is 19.2. The molecule has 1 aliphatic heterocycles. The van der Waals surface area contributed by atoms with Crippen LogP contribution in [0.3, 0.4) is 0 Å². The van der Waals surface area contributed by atoms with Gasteiger partial charge in [0, 0.05) is 18.7 Å². The number of amides is 1.